The molecule has 0 aromatic heterocycles. The van der Waals surface area contributed by atoms with E-state index in [1.165, 1.54) is 11.1 Å². The SMILES string of the molecule is Cc1ccc(Br)cc1C(N)CCC(C)(C)C. The van der Waals surface area contributed by atoms with E-state index in [2.05, 4.69) is 61.8 Å². The van der Waals surface area contributed by atoms with Crippen molar-refractivity contribution in [1.82, 2.24) is 0 Å². The molecule has 1 unspecified atom stereocenters. The average molecular weight is 284 g/mol. The van der Waals surface area contributed by atoms with Crippen molar-refractivity contribution in [3.63, 3.8) is 0 Å². The van der Waals surface area contributed by atoms with Crippen LogP contribution in [0.5, 0.6) is 0 Å². The molecule has 1 nitrogen and oxygen atoms in total. The maximum atomic E-state index is 6.25. The molecule has 0 aliphatic carbocycles. The zero-order chi connectivity index (χ0) is 12.3. The van der Waals surface area contributed by atoms with E-state index >= 15 is 0 Å². The predicted molar refractivity (Wildman–Crippen MR) is 74.5 cm³/mol. The molecular formula is C14H22BrN. The minimum Gasteiger partial charge on any atom is -0.324 e. The first-order chi connectivity index (χ1) is 7.29. The highest BCUT2D eigenvalue weighted by Crippen LogP contribution is 2.28. The predicted octanol–water partition coefficient (Wildman–Crippen LogP) is 4.58. The Morgan fingerprint density at radius 1 is 1.31 bits per heavy atom. The van der Waals surface area contributed by atoms with Crippen molar-refractivity contribution in [2.24, 2.45) is 11.1 Å². The van der Waals surface area contributed by atoms with Crippen LogP contribution in [0.1, 0.15) is 50.8 Å². The smallest absolute Gasteiger partial charge is 0.0298 e. The number of benzene rings is 1. The third-order valence-electron chi connectivity index (χ3n) is 2.85. The van der Waals surface area contributed by atoms with Crippen LogP contribution in [0.4, 0.5) is 0 Å². The van der Waals surface area contributed by atoms with E-state index in [9.17, 15) is 0 Å². The van der Waals surface area contributed by atoms with Crippen molar-refractivity contribution in [1.29, 1.82) is 0 Å². The maximum Gasteiger partial charge on any atom is 0.0298 e. The lowest BCUT2D eigenvalue weighted by molar-refractivity contribution is 0.349. The van der Waals surface area contributed by atoms with Gasteiger partial charge in [0, 0.05) is 10.5 Å². The van der Waals surface area contributed by atoms with Gasteiger partial charge in [-0.1, -0.05) is 42.8 Å². The summed E-state index contributed by atoms with van der Waals surface area (Å²) in [6.45, 7) is 8.90. The van der Waals surface area contributed by atoms with Gasteiger partial charge in [-0.15, -0.1) is 0 Å². The van der Waals surface area contributed by atoms with E-state index in [4.69, 9.17) is 5.73 Å². The molecule has 1 rings (SSSR count). The van der Waals surface area contributed by atoms with Crippen LogP contribution >= 0.6 is 15.9 Å². The van der Waals surface area contributed by atoms with Crippen molar-refractivity contribution >= 4 is 15.9 Å². The first-order valence-electron chi connectivity index (χ1n) is 5.81. The third-order valence-corrected chi connectivity index (χ3v) is 3.34. The summed E-state index contributed by atoms with van der Waals surface area (Å²) < 4.78 is 1.11. The molecule has 0 amide bonds. The molecule has 0 heterocycles. The van der Waals surface area contributed by atoms with Crippen LogP contribution in [-0.2, 0) is 0 Å². The molecular weight excluding hydrogens is 262 g/mol. The molecule has 0 saturated carbocycles. The molecule has 2 heteroatoms. The molecule has 1 aromatic carbocycles. The summed E-state index contributed by atoms with van der Waals surface area (Å²) in [6.07, 6.45) is 2.20. The number of hydrogen-bond acceptors (Lipinski definition) is 1. The first-order valence-corrected chi connectivity index (χ1v) is 6.60. The van der Waals surface area contributed by atoms with Gasteiger partial charge in [0.15, 0.2) is 0 Å². The van der Waals surface area contributed by atoms with E-state index < -0.39 is 0 Å². The maximum absolute atomic E-state index is 6.25. The third kappa shape index (κ3) is 4.26. The molecule has 0 bridgehead atoms. The summed E-state index contributed by atoms with van der Waals surface area (Å²) in [5.41, 5.74) is 9.15. The Morgan fingerprint density at radius 2 is 1.94 bits per heavy atom. The molecule has 2 N–H and O–H groups in total. The minimum absolute atomic E-state index is 0.150. The first kappa shape index (κ1) is 13.7. The van der Waals surface area contributed by atoms with E-state index in [1.807, 2.05) is 0 Å². The van der Waals surface area contributed by atoms with Gasteiger partial charge in [-0.2, -0.15) is 0 Å². The largest absolute Gasteiger partial charge is 0.324 e. The van der Waals surface area contributed by atoms with Crippen molar-refractivity contribution in [3.05, 3.63) is 33.8 Å². The molecule has 1 aromatic rings. The number of nitrogens with two attached hydrogens (primary N) is 1. The van der Waals surface area contributed by atoms with E-state index in [-0.39, 0.29) is 6.04 Å². The van der Waals surface area contributed by atoms with E-state index in [0.29, 0.717) is 5.41 Å². The topological polar surface area (TPSA) is 26.0 Å². The average Bonchev–Trinajstić information content (AvgIpc) is 2.17. The summed E-state index contributed by atoms with van der Waals surface area (Å²) >= 11 is 3.50. The summed E-state index contributed by atoms with van der Waals surface area (Å²) in [7, 11) is 0. The summed E-state index contributed by atoms with van der Waals surface area (Å²) in [5.74, 6) is 0. The van der Waals surface area contributed by atoms with Gasteiger partial charge in [-0.05, 0) is 48.4 Å². The highest BCUT2D eigenvalue weighted by atomic mass is 79.9. The minimum atomic E-state index is 0.150. The summed E-state index contributed by atoms with van der Waals surface area (Å²) in [4.78, 5) is 0. The molecule has 0 spiro atoms. The number of rotatable bonds is 3. The van der Waals surface area contributed by atoms with Gasteiger partial charge >= 0.3 is 0 Å². The molecule has 16 heavy (non-hydrogen) atoms. The molecule has 0 saturated heterocycles. The van der Waals surface area contributed by atoms with Crippen molar-refractivity contribution < 1.29 is 0 Å². The second kappa shape index (κ2) is 5.33. The standard InChI is InChI=1S/C14H22BrN/c1-10-5-6-11(15)9-12(10)13(16)7-8-14(2,3)4/h5-6,9,13H,7-8,16H2,1-4H3. The summed E-state index contributed by atoms with van der Waals surface area (Å²) in [6, 6.07) is 6.48. The summed E-state index contributed by atoms with van der Waals surface area (Å²) in [5, 5.41) is 0. The lowest BCUT2D eigenvalue weighted by atomic mass is 9.87. The fraction of sp³-hybridized carbons (Fsp3) is 0.571. The number of halogens is 1. The second-order valence-corrected chi connectivity index (χ2v) is 6.62. The van der Waals surface area contributed by atoms with Gasteiger partial charge in [0.2, 0.25) is 0 Å². The highest BCUT2D eigenvalue weighted by molar-refractivity contribution is 9.10. The van der Waals surface area contributed by atoms with Gasteiger partial charge in [0.05, 0.1) is 0 Å². The molecule has 0 aliphatic heterocycles. The van der Waals surface area contributed by atoms with Crippen molar-refractivity contribution in [2.45, 2.75) is 46.6 Å². The van der Waals surface area contributed by atoms with Gasteiger partial charge in [-0.3, -0.25) is 0 Å². The fourth-order valence-corrected chi connectivity index (χ4v) is 2.13. The Bertz CT molecular complexity index is 352. The van der Waals surface area contributed by atoms with Crippen LogP contribution < -0.4 is 5.73 Å². The quantitative estimate of drug-likeness (QED) is 0.863. The Morgan fingerprint density at radius 3 is 2.50 bits per heavy atom. The zero-order valence-corrected chi connectivity index (χ0v) is 12.3. The van der Waals surface area contributed by atoms with Crippen LogP contribution in [0.3, 0.4) is 0 Å². The molecule has 1 atom stereocenters. The van der Waals surface area contributed by atoms with Gasteiger partial charge in [0.25, 0.3) is 0 Å². The monoisotopic (exact) mass is 283 g/mol. The van der Waals surface area contributed by atoms with Crippen molar-refractivity contribution in [3.8, 4) is 0 Å². The van der Waals surface area contributed by atoms with Crippen molar-refractivity contribution in [2.75, 3.05) is 0 Å². The van der Waals surface area contributed by atoms with Gasteiger partial charge < -0.3 is 5.73 Å². The van der Waals surface area contributed by atoms with Crippen LogP contribution in [-0.4, -0.2) is 0 Å². The molecule has 0 radical (unpaired) electrons. The second-order valence-electron chi connectivity index (χ2n) is 5.71. The lowest BCUT2D eigenvalue weighted by Crippen LogP contribution is -2.15. The normalized spacial score (nSPS) is 13.9. The lowest BCUT2D eigenvalue weighted by Gasteiger charge is -2.22. The molecule has 0 aliphatic rings. The fourth-order valence-electron chi connectivity index (χ4n) is 1.75. The van der Waals surface area contributed by atoms with Crippen LogP contribution in [0.2, 0.25) is 0 Å². The molecule has 90 valence electrons. The Balaban J connectivity index is 2.73. The van der Waals surface area contributed by atoms with E-state index in [1.54, 1.807) is 0 Å². The van der Waals surface area contributed by atoms with Crippen LogP contribution in [0.25, 0.3) is 0 Å². The number of aryl methyl sites for hydroxylation is 1. The Kier molecular flexibility index (Phi) is 4.57. The van der Waals surface area contributed by atoms with Crippen LogP contribution in [0.15, 0.2) is 22.7 Å². The molecule has 0 fully saturated rings. The van der Waals surface area contributed by atoms with Gasteiger partial charge in [-0.25, -0.2) is 0 Å². The van der Waals surface area contributed by atoms with E-state index in [0.717, 1.165) is 17.3 Å². The highest BCUT2D eigenvalue weighted by Gasteiger charge is 2.15. The Hall–Kier alpha value is -0.340. The zero-order valence-electron chi connectivity index (χ0n) is 10.7. The number of hydrogen-bond donors (Lipinski definition) is 1. The van der Waals surface area contributed by atoms with Gasteiger partial charge in [0.1, 0.15) is 0 Å². The Labute approximate surface area is 108 Å². The van der Waals surface area contributed by atoms with Crippen LogP contribution in [0, 0.1) is 12.3 Å².